The third kappa shape index (κ3) is 11.4. The Kier molecular flexibility index (Phi) is 17.2. The van der Waals surface area contributed by atoms with Crippen LogP contribution in [0.5, 0.6) is 17.5 Å². The number of pyridine rings is 2. The highest BCUT2D eigenvalue weighted by Crippen LogP contribution is 2.45. The monoisotopic (exact) mass is 926 g/mol. The second-order valence-electron chi connectivity index (χ2n) is 14.8. The first kappa shape index (κ1) is 49.9. The number of halogens is 3. The third-order valence-electron chi connectivity index (χ3n) is 9.88. The fraction of sp³-hybridized carbons (Fsp3) is 0.500. The minimum atomic E-state index is -5.16. The molecule has 1 saturated carbocycles. The summed E-state index contributed by atoms with van der Waals surface area (Å²) in [4.78, 5) is 57.8. The molecule has 0 bridgehead atoms. The van der Waals surface area contributed by atoms with Crippen LogP contribution in [0.1, 0.15) is 105 Å². The van der Waals surface area contributed by atoms with E-state index in [0.717, 1.165) is 55.5 Å². The summed E-state index contributed by atoms with van der Waals surface area (Å²) in [6.07, 6.45) is 4.95. The highest BCUT2D eigenvalue weighted by Gasteiger charge is 2.42. The van der Waals surface area contributed by atoms with Crippen molar-refractivity contribution in [3.05, 3.63) is 62.6 Å². The maximum absolute atomic E-state index is 14.2. The molecule has 5 aromatic heterocycles. The molecule has 66 heavy (non-hydrogen) atoms. The maximum atomic E-state index is 14.2. The zero-order chi connectivity index (χ0) is 48.1. The summed E-state index contributed by atoms with van der Waals surface area (Å²) in [7, 11) is 1.47. The van der Waals surface area contributed by atoms with Gasteiger partial charge in [-0.05, 0) is 40.0 Å². The van der Waals surface area contributed by atoms with Crippen molar-refractivity contribution in [3.63, 3.8) is 0 Å². The highest BCUT2D eigenvalue weighted by molar-refractivity contribution is 5.86. The van der Waals surface area contributed by atoms with E-state index < -0.39 is 57.5 Å². The number of aromatic hydroxyl groups is 2. The molecule has 1 aliphatic carbocycles. The SMILES string of the molecule is CCCCn1cnnc1N=Nc1c(C(F)(F)F)c(-c2cnccn2)c(O)n(C(=O)CC)c1=O.COCOCCn1c(O)c(C=O)c(OC(C)C)c(N=Nc2nnc(C)n2C2CCCC2)c1=O. The number of aldehydes is 1. The summed E-state index contributed by atoms with van der Waals surface area (Å²) in [6.45, 7) is 9.12. The van der Waals surface area contributed by atoms with Crippen molar-refractivity contribution in [1.82, 2.24) is 48.6 Å². The van der Waals surface area contributed by atoms with Gasteiger partial charge in [-0.15, -0.1) is 40.9 Å². The van der Waals surface area contributed by atoms with Gasteiger partial charge in [0.15, 0.2) is 23.4 Å². The number of methoxy groups -OCH3 is 1. The van der Waals surface area contributed by atoms with Gasteiger partial charge in [0, 0.05) is 38.5 Å². The van der Waals surface area contributed by atoms with Gasteiger partial charge in [-0.25, -0.2) is 4.57 Å². The number of carbonyl (C=O) groups is 2. The van der Waals surface area contributed by atoms with Crippen LogP contribution in [0.3, 0.4) is 0 Å². The Morgan fingerprint density at radius 3 is 2.30 bits per heavy atom. The van der Waals surface area contributed by atoms with Crippen LogP contribution in [0.4, 0.5) is 36.4 Å². The molecule has 0 unspecified atom stereocenters. The standard InChI is InChI=1S/C21H30N6O6.C19H19F3N8O3/c1-13(2)33-18-16(11-28)19(29)26(9-10-32-12-31-4)20(30)17(18)23-25-21-24-22-14(3)27(21)15-7-5-6-8-15;1-3-5-8-29-10-25-27-18(29)28-26-15-14(19(20,21)22)13(11-9-23-6-7-24-11)16(32)30(17(15)33)12(31)4-2/h11,13,15,29H,5-10,12H2,1-4H3;6-7,9-10,32H,3-5,8H2,1-2H3. The Labute approximate surface area is 374 Å². The molecule has 0 atom stereocenters. The molecule has 0 aliphatic heterocycles. The number of rotatable bonds is 18. The number of ether oxygens (including phenoxy) is 3. The smallest absolute Gasteiger partial charge is 0.419 e. The summed E-state index contributed by atoms with van der Waals surface area (Å²) in [5.74, 6) is -1.98. The molecule has 1 fully saturated rings. The van der Waals surface area contributed by atoms with Crippen LogP contribution in [-0.4, -0.2) is 97.7 Å². The molecule has 1 aliphatic rings. The molecular formula is C40H49F3N14O9. The van der Waals surface area contributed by atoms with E-state index in [1.165, 1.54) is 31.1 Å². The van der Waals surface area contributed by atoms with Crippen LogP contribution in [0, 0.1) is 6.92 Å². The Morgan fingerprint density at radius 2 is 1.68 bits per heavy atom. The number of aromatic nitrogens is 10. The highest BCUT2D eigenvalue weighted by atomic mass is 19.4. The van der Waals surface area contributed by atoms with E-state index >= 15 is 0 Å². The van der Waals surface area contributed by atoms with Gasteiger partial charge in [0.1, 0.15) is 30.1 Å². The van der Waals surface area contributed by atoms with Crippen LogP contribution in [0.2, 0.25) is 0 Å². The van der Waals surface area contributed by atoms with Gasteiger partial charge >= 0.3 is 6.18 Å². The molecule has 0 saturated heterocycles. The minimum Gasteiger partial charge on any atom is -0.494 e. The molecule has 0 amide bonds. The number of aryl methyl sites for hydroxylation is 2. The maximum Gasteiger partial charge on any atom is 0.419 e. The molecule has 354 valence electrons. The molecule has 0 radical (unpaired) electrons. The normalized spacial score (nSPS) is 13.2. The molecule has 26 heteroatoms. The zero-order valence-corrected chi connectivity index (χ0v) is 37.0. The van der Waals surface area contributed by atoms with Crippen molar-refractivity contribution >= 4 is 35.5 Å². The molecule has 0 spiro atoms. The van der Waals surface area contributed by atoms with Crippen molar-refractivity contribution < 1.29 is 47.2 Å². The Morgan fingerprint density at radius 1 is 0.970 bits per heavy atom. The van der Waals surface area contributed by atoms with Gasteiger partial charge < -0.3 is 24.4 Å². The van der Waals surface area contributed by atoms with E-state index in [1.54, 1.807) is 13.8 Å². The van der Waals surface area contributed by atoms with E-state index in [0.29, 0.717) is 18.7 Å². The molecule has 5 heterocycles. The quantitative estimate of drug-likeness (QED) is 0.0384. The predicted octanol–water partition coefficient (Wildman–Crippen LogP) is 7.09. The largest absolute Gasteiger partial charge is 0.494 e. The van der Waals surface area contributed by atoms with E-state index in [9.17, 15) is 42.6 Å². The minimum absolute atomic E-state index is 0.0212. The fourth-order valence-electron chi connectivity index (χ4n) is 6.85. The average Bonchev–Trinajstić information content (AvgIpc) is 4.06. The summed E-state index contributed by atoms with van der Waals surface area (Å²) < 4.78 is 62.8. The van der Waals surface area contributed by atoms with Gasteiger partial charge in [0.2, 0.25) is 17.7 Å². The van der Waals surface area contributed by atoms with Crippen molar-refractivity contribution in [2.75, 3.05) is 20.5 Å². The second kappa shape index (κ2) is 22.7. The Balaban J connectivity index is 0.000000247. The van der Waals surface area contributed by atoms with Crippen molar-refractivity contribution in [1.29, 1.82) is 0 Å². The van der Waals surface area contributed by atoms with E-state index in [2.05, 4.69) is 50.8 Å². The Hall–Kier alpha value is -7.09. The first-order valence-electron chi connectivity index (χ1n) is 20.8. The zero-order valence-electron chi connectivity index (χ0n) is 37.0. The van der Waals surface area contributed by atoms with Crippen LogP contribution < -0.4 is 15.9 Å². The third-order valence-corrected chi connectivity index (χ3v) is 9.88. The first-order chi connectivity index (χ1) is 31.6. The summed E-state index contributed by atoms with van der Waals surface area (Å²) in [6, 6.07) is 0.222. The lowest BCUT2D eigenvalue weighted by atomic mass is 10.0. The average molecular weight is 927 g/mol. The molecular weight excluding hydrogens is 878 g/mol. The molecule has 2 N–H and O–H groups in total. The van der Waals surface area contributed by atoms with Gasteiger partial charge in [-0.2, -0.15) is 13.2 Å². The lowest BCUT2D eigenvalue weighted by molar-refractivity contribution is -0.136. The van der Waals surface area contributed by atoms with E-state index in [1.807, 2.05) is 18.4 Å². The number of hydrogen-bond acceptors (Lipinski definition) is 19. The summed E-state index contributed by atoms with van der Waals surface area (Å²) in [5.41, 5.74) is -6.71. The van der Waals surface area contributed by atoms with Gasteiger partial charge in [0.05, 0.1) is 36.7 Å². The summed E-state index contributed by atoms with van der Waals surface area (Å²) in [5, 5.41) is 52.3. The van der Waals surface area contributed by atoms with Crippen molar-refractivity contribution in [2.24, 2.45) is 20.5 Å². The van der Waals surface area contributed by atoms with Gasteiger partial charge in [0.25, 0.3) is 23.0 Å². The van der Waals surface area contributed by atoms with E-state index in [-0.39, 0.29) is 72.0 Å². The number of hydrogen-bond donors (Lipinski definition) is 2. The van der Waals surface area contributed by atoms with Crippen molar-refractivity contribution in [3.8, 4) is 28.8 Å². The lowest BCUT2D eigenvalue weighted by Crippen LogP contribution is -2.29. The molecule has 0 aromatic carbocycles. The number of alkyl halides is 3. The number of azo groups is 2. The van der Waals surface area contributed by atoms with E-state index in [4.69, 9.17) is 14.2 Å². The van der Waals surface area contributed by atoms with Gasteiger partial charge in [-0.3, -0.25) is 42.8 Å². The summed E-state index contributed by atoms with van der Waals surface area (Å²) >= 11 is 0. The first-order valence-corrected chi connectivity index (χ1v) is 20.8. The van der Waals surface area contributed by atoms with Crippen molar-refractivity contribution in [2.45, 2.75) is 111 Å². The number of nitrogens with zero attached hydrogens (tertiary/aromatic N) is 14. The Bertz CT molecular complexity index is 2650. The topological polar surface area (TPSA) is 283 Å². The van der Waals surface area contributed by atoms with Crippen LogP contribution in [0.25, 0.3) is 11.3 Å². The molecule has 6 rings (SSSR count). The fourth-order valence-corrected chi connectivity index (χ4v) is 6.85. The predicted molar refractivity (Wildman–Crippen MR) is 226 cm³/mol. The lowest BCUT2D eigenvalue weighted by Gasteiger charge is -2.18. The molecule has 23 nitrogen and oxygen atoms in total. The van der Waals surface area contributed by atoms with Gasteiger partial charge in [-0.1, -0.05) is 33.1 Å². The van der Waals surface area contributed by atoms with Crippen LogP contribution in [0.15, 0.2) is 55.0 Å². The number of unbranched alkanes of at least 4 members (excludes halogenated alkanes) is 1. The molecule has 5 aromatic rings. The van der Waals surface area contributed by atoms with Crippen LogP contribution in [-0.2, 0) is 28.7 Å². The second-order valence-corrected chi connectivity index (χ2v) is 14.8. The van der Waals surface area contributed by atoms with Crippen LogP contribution >= 0.6 is 0 Å². The number of carbonyl (C=O) groups excluding carboxylic acids is 2.